The van der Waals surface area contributed by atoms with E-state index in [0.29, 0.717) is 27.9 Å². The molecule has 0 saturated carbocycles. The minimum Gasteiger partial charge on any atom is -0.456 e. The Bertz CT molecular complexity index is 2380. The molecule has 224 valence electrons. The molecule has 46 heavy (non-hydrogen) atoms. The van der Waals surface area contributed by atoms with E-state index in [9.17, 15) is 4.79 Å². The SMILES string of the molecule is Cc1ccc2c(c1)-c1ccccc1Oc1ccc(C(C)C)cc1-c1cc(C)ccc1N2c1ccc2c(=O)c3ccccc3oc2c1. The summed E-state index contributed by atoms with van der Waals surface area (Å²) < 4.78 is 13.2. The van der Waals surface area contributed by atoms with Crippen LogP contribution in [-0.2, 0) is 0 Å². The van der Waals surface area contributed by atoms with E-state index in [2.05, 4.69) is 99.3 Å². The van der Waals surface area contributed by atoms with Crippen LogP contribution in [-0.4, -0.2) is 0 Å². The number of anilines is 3. The molecule has 0 aliphatic carbocycles. The second-order valence-electron chi connectivity index (χ2n) is 12.5. The minimum atomic E-state index is -0.0300. The summed E-state index contributed by atoms with van der Waals surface area (Å²) in [6, 6.07) is 41.3. The standard InChI is InChI=1S/C42H33NO3/c1-25(2)28-15-20-40-35(23-28)34-22-27(4)14-19-37(34)43(36-18-13-26(3)21-33(36)30-9-5-7-11-38(30)45-40)29-16-17-32-41(24-29)46-39-12-8-6-10-31(39)42(32)44/h5-25H,1-4H3. The first-order chi connectivity index (χ1) is 22.4. The van der Waals surface area contributed by atoms with E-state index in [1.807, 2.05) is 54.6 Å². The molecule has 0 spiro atoms. The summed E-state index contributed by atoms with van der Waals surface area (Å²) >= 11 is 0. The number of ether oxygens (including phenoxy) is 1. The van der Waals surface area contributed by atoms with Gasteiger partial charge in [0.2, 0.25) is 5.43 Å². The molecule has 0 saturated heterocycles. The molecule has 0 unspecified atom stereocenters. The zero-order valence-corrected chi connectivity index (χ0v) is 26.3. The predicted octanol–water partition coefficient (Wildman–Crippen LogP) is 11.6. The van der Waals surface area contributed by atoms with Crippen molar-refractivity contribution in [3.8, 4) is 33.8 Å². The molecule has 1 aliphatic rings. The molecule has 4 nitrogen and oxygen atoms in total. The fourth-order valence-electron chi connectivity index (χ4n) is 6.56. The number of benzene rings is 6. The lowest BCUT2D eigenvalue weighted by atomic mass is 9.92. The third kappa shape index (κ3) is 4.57. The van der Waals surface area contributed by atoms with Gasteiger partial charge in [-0.25, -0.2) is 0 Å². The molecule has 0 N–H and O–H groups in total. The number of nitrogens with zero attached hydrogens (tertiary/aromatic N) is 1. The van der Waals surface area contributed by atoms with Gasteiger partial charge in [0, 0.05) is 34.0 Å². The van der Waals surface area contributed by atoms with Crippen molar-refractivity contribution >= 4 is 39.0 Å². The van der Waals surface area contributed by atoms with Crippen molar-refractivity contribution in [3.05, 3.63) is 148 Å². The molecule has 1 aliphatic heterocycles. The second-order valence-corrected chi connectivity index (χ2v) is 12.5. The fraction of sp³-hybridized carbons (Fsp3) is 0.119. The third-order valence-electron chi connectivity index (χ3n) is 8.96. The highest BCUT2D eigenvalue weighted by molar-refractivity contribution is 5.99. The number of rotatable bonds is 2. The summed E-state index contributed by atoms with van der Waals surface area (Å²) in [6.07, 6.45) is 0. The molecule has 6 aromatic carbocycles. The predicted molar refractivity (Wildman–Crippen MR) is 189 cm³/mol. The van der Waals surface area contributed by atoms with Crippen LogP contribution in [0.1, 0.15) is 36.5 Å². The number of para-hydroxylation sites is 2. The van der Waals surface area contributed by atoms with Gasteiger partial charge in [0.15, 0.2) is 0 Å². The minimum absolute atomic E-state index is 0.0300. The highest BCUT2D eigenvalue weighted by Crippen LogP contribution is 2.51. The van der Waals surface area contributed by atoms with Crippen LogP contribution in [0.5, 0.6) is 11.5 Å². The Hall–Kier alpha value is -5.61. The smallest absolute Gasteiger partial charge is 0.200 e. The first kappa shape index (κ1) is 27.9. The van der Waals surface area contributed by atoms with E-state index in [4.69, 9.17) is 9.15 Å². The summed E-state index contributed by atoms with van der Waals surface area (Å²) in [4.78, 5) is 15.8. The lowest BCUT2D eigenvalue weighted by molar-refractivity contribution is 0.486. The number of fused-ring (bicyclic) bond motifs is 8. The van der Waals surface area contributed by atoms with Gasteiger partial charge in [-0.15, -0.1) is 0 Å². The molecule has 8 rings (SSSR count). The van der Waals surface area contributed by atoms with E-state index in [0.717, 1.165) is 61.9 Å². The molecule has 4 heteroatoms. The monoisotopic (exact) mass is 599 g/mol. The zero-order chi connectivity index (χ0) is 31.5. The zero-order valence-electron chi connectivity index (χ0n) is 26.3. The number of hydrogen-bond donors (Lipinski definition) is 0. The van der Waals surface area contributed by atoms with Crippen molar-refractivity contribution in [2.45, 2.75) is 33.6 Å². The van der Waals surface area contributed by atoms with Gasteiger partial charge in [-0.2, -0.15) is 0 Å². The lowest BCUT2D eigenvalue weighted by Crippen LogP contribution is -2.14. The van der Waals surface area contributed by atoms with E-state index >= 15 is 0 Å². The molecular weight excluding hydrogens is 566 g/mol. The van der Waals surface area contributed by atoms with Crippen LogP contribution in [0.15, 0.2) is 131 Å². The van der Waals surface area contributed by atoms with E-state index in [1.165, 1.54) is 5.56 Å². The normalized spacial score (nSPS) is 12.3. The van der Waals surface area contributed by atoms with Crippen LogP contribution in [0.25, 0.3) is 44.2 Å². The summed E-state index contributed by atoms with van der Waals surface area (Å²) in [6.45, 7) is 8.67. The van der Waals surface area contributed by atoms with Crippen molar-refractivity contribution in [2.75, 3.05) is 4.90 Å². The Balaban J connectivity index is 1.50. The Labute approximate surface area is 268 Å². The Morgan fingerprint density at radius 2 is 1.22 bits per heavy atom. The van der Waals surface area contributed by atoms with Gasteiger partial charge in [0.05, 0.1) is 22.1 Å². The highest BCUT2D eigenvalue weighted by atomic mass is 16.5. The van der Waals surface area contributed by atoms with Gasteiger partial charge in [0.1, 0.15) is 22.7 Å². The molecule has 1 aromatic heterocycles. The Morgan fingerprint density at radius 1 is 0.565 bits per heavy atom. The second kappa shape index (κ2) is 10.8. The highest BCUT2D eigenvalue weighted by Gasteiger charge is 2.26. The average molecular weight is 600 g/mol. The molecule has 2 heterocycles. The molecule has 0 atom stereocenters. The molecule has 0 radical (unpaired) electrons. The van der Waals surface area contributed by atoms with Crippen molar-refractivity contribution < 1.29 is 9.15 Å². The van der Waals surface area contributed by atoms with Gasteiger partial charge in [-0.3, -0.25) is 4.79 Å². The maximum atomic E-state index is 13.5. The lowest BCUT2D eigenvalue weighted by Gasteiger charge is -2.32. The van der Waals surface area contributed by atoms with Gasteiger partial charge < -0.3 is 14.1 Å². The molecule has 7 aromatic rings. The summed E-state index contributed by atoms with van der Waals surface area (Å²) in [5.41, 5.74) is 11.6. The van der Waals surface area contributed by atoms with E-state index in [1.54, 1.807) is 0 Å². The summed E-state index contributed by atoms with van der Waals surface area (Å²) in [5, 5.41) is 1.14. The fourth-order valence-corrected chi connectivity index (χ4v) is 6.56. The Morgan fingerprint density at radius 3 is 1.98 bits per heavy atom. The van der Waals surface area contributed by atoms with Crippen molar-refractivity contribution in [1.29, 1.82) is 0 Å². The van der Waals surface area contributed by atoms with Gasteiger partial charge in [-0.1, -0.05) is 73.5 Å². The third-order valence-corrected chi connectivity index (χ3v) is 8.96. The maximum absolute atomic E-state index is 13.5. The van der Waals surface area contributed by atoms with Crippen molar-refractivity contribution in [2.24, 2.45) is 0 Å². The van der Waals surface area contributed by atoms with Crippen LogP contribution in [0, 0.1) is 13.8 Å². The van der Waals surface area contributed by atoms with E-state index < -0.39 is 0 Å². The summed E-state index contributed by atoms with van der Waals surface area (Å²) in [7, 11) is 0. The maximum Gasteiger partial charge on any atom is 0.200 e. The molecular formula is C42H33NO3. The molecule has 0 amide bonds. The first-order valence-electron chi connectivity index (χ1n) is 15.7. The van der Waals surface area contributed by atoms with Crippen LogP contribution < -0.4 is 15.1 Å². The number of aryl methyl sites for hydroxylation is 2. The van der Waals surface area contributed by atoms with Crippen LogP contribution in [0.4, 0.5) is 17.1 Å². The Kier molecular flexibility index (Phi) is 6.54. The van der Waals surface area contributed by atoms with Gasteiger partial charge >= 0.3 is 0 Å². The molecule has 0 bridgehead atoms. The quantitative estimate of drug-likeness (QED) is 0.185. The summed E-state index contributed by atoms with van der Waals surface area (Å²) in [5.74, 6) is 1.94. The van der Waals surface area contributed by atoms with Crippen LogP contribution in [0.3, 0.4) is 0 Å². The average Bonchev–Trinajstić information content (AvgIpc) is 3.06. The van der Waals surface area contributed by atoms with Crippen molar-refractivity contribution in [1.82, 2.24) is 0 Å². The van der Waals surface area contributed by atoms with E-state index in [-0.39, 0.29) is 5.43 Å². The van der Waals surface area contributed by atoms with Gasteiger partial charge in [0.25, 0.3) is 0 Å². The van der Waals surface area contributed by atoms with Gasteiger partial charge in [-0.05, 0) is 92.1 Å². The first-order valence-corrected chi connectivity index (χ1v) is 15.7. The molecule has 0 fully saturated rings. The van der Waals surface area contributed by atoms with Crippen LogP contribution in [0.2, 0.25) is 0 Å². The largest absolute Gasteiger partial charge is 0.456 e. The van der Waals surface area contributed by atoms with Crippen molar-refractivity contribution in [3.63, 3.8) is 0 Å². The van der Waals surface area contributed by atoms with Crippen LogP contribution >= 0.6 is 0 Å². The topological polar surface area (TPSA) is 42.7 Å². The number of hydrogen-bond acceptors (Lipinski definition) is 4.